The lowest BCUT2D eigenvalue weighted by atomic mass is 10.3. The van der Waals surface area contributed by atoms with Gasteiger partial charge in [-0.25, -0.2) is 0 Å². The third-order valence-corrected chi connectivity index (χ3v) is 3.76. The van der Waals surface area contributed by atoms with Crippen molar-refractivity contribution in [1.29, 1.82) is 0 Å². The lowest BCUT2D eigenvalue weighted by molar-refractivity contribution is -0.764. The Bertz CT molecular complexity index is 586. The van der Waals surface area contributed by atoms with Crippen LogP contribution >= 0.6 is 0 Å². The molecule has 0 amide bonds. The standard InChI is InChI=1S/C13H23N6O6/c1-3-23-12(20)10-14-13-11(2)18(15-25-13)17-6-4-16(5-7-17)8-9-24-19(21)22/h14H,3-10H2,1-2H3/q+1. The van der Waals surface area contributed by atoms with Crippen LogP contribution in [0.2, 0.25) is 0 Å². The average molecular weight is 359 g/mol. The summed E-state index contributed by atoms with van der Waals surface area (Å²) in [6.07, 6.45) is 0. The van der Waals surface area contributed by atoms with Gasteiger partial charge in [0.15, 0.2) is 0 Å². The number of anilines is 1. The molecule has 1 aliphatic heterocycles. The van der Waals surface area contributed by atoms with Crippen molar-refractivity contribution in [3.8, 4) is 0 Å². The molecule has 1 aromatic rings. The van der Waals surface area contributed by atoms with Crippen LogP contribution in [0.3, 0.4) is 0 Å². The molecule has 0 aliphatic carbocycles. The average Bonchev–Trinajstić information content (AvgIpc) is 2.94. The van der Waals surface area contributed by atoms with Crippen LogP contribution in [-0.4, -0.2) is 73.7 Å². The van der Waals surface area contributed by atoms with Crippen LogP contribution in [0.15, 0.2) is 4.52 Å². The van der Waals surface area contributed by atoms with E-state index in [4.69, 9.17) is 9.26 Å². The molecule has 0 saturated carbocycles. The zero-order valence-corrected chi connectivity index (χ0v) is 14.3. The van der Waals surface area contributed by atoms with Crippen LogP contribution in [0.4, 0.5) is 5.88 Å². The Hall–Kier alpha value is -2.63. The first kappa shape index (κ1) is 18.7. The van der Waals surface area contributed by atoms with Gasteiger partial charge in [-0.05, 0) is 6.92 Å². The molecule has 2 rings (SSSR count). The minimum Gasteiger partial charge on any atom is -0.465 e. The van der Waals surface area contributed by atoms with Crippen molar-refractivity contribution in [2.45, 2.75) is 13.8 Å². The van der Waals surface area contributed by atoms with Crippen LogP contribution < -0.4 is 15.1 Å². The predicted octanol–water partition coefficient (Wildman–Crippen LogP) is -1.29. The summed E-state index contributed by atoms with van der Waals surface area (Å²) in [7, 11) is 0. The molecule has 140 valence electrons. The molecule has 0 atom stereocenters. The van der Waals surface area contributed by atoms with E-state index in [9.17, 15) is 14.9 Å². The summed E-state index contributed by atoms with van der Waals surface area (Å²) in [5.41, 5.74) is 0.745. The number of nitrogens with one attached hydrogen (secondary N) is 1. The van der Waals surface area contributed by atoms with Crippen molar-refractivity contribution in [3.63, 3.8) is 0 Å². The van der Waals surface area contributed by atoms with Gasteiger partial charge in [0.2, 0.25) is 5.27 Å². The van der Waals surface area contributed by atoms with Gasteiger partial charge >= 0.3 is 17.5 Å². The molecule has 1 saturated heterocycles. The van der Waals surface area contributed by atoms with Gasteiger partial charge in [-0.2, -0.15) is 5.01 Å². The monoisotopic (exact) mass is 359 g/mol. The van der Waals surface area contributed by atoms with E-state index in [1.165, 1.54) is 0 Å². The summed E-state index contributed by atoms with van der Waals surface area (Å²) in [6, 6.07) is 0. The number of carbonyl (C=O) groups excluding carboxylic acids is 1. The Labute approximate surface area is 144 Å². The van der Waals surface area contributed by atoms with Crippen LogP contribution in [0, 0.1) is 17.0 Å². The van der Waals surface area contributed by atoms with Gasteiger partial charge in [0.1, 0.15) is 13.2 Å². The third-order valence-electron chi connectivity index (χ3n) is 3.76. The quantitative estimate of drug-likeness (QED) is 0.246. The molecule has 0 aromatic carbocycles. The summed E-state index contributed by atoms with van der Waals surface area (Å²) in [5.74, 6) is 0.0465. The van der Waals surface area contributed by atoms with Gasteiger partial charge in [0.05, 0.1) is 24.5 Å². The number of carbonyl (C=O) groups is 1. The Kier molecular flexibility index (Phi) is 6.74. The molecule has 25 heavy (non-hydrogen) atoms. The fourth-order valence-electron chi connectivity index (χ4n) is 2.48. The van der Waals surface area contributed by atoms with E-state index < -0.39 is 5.09 Å². The van der Waals surface area contributed by atoms with Crippen molar-refractivity contribution in [2.75, 3.05) is 62.8 Å². The van der Waals surface area contributed by atoms with E-state index in [1.54, 1.807) is 11.7 Å². The second-order valence-corrected chi connectivity index (χ2v) is 5.39. The molecule has 0 spiro atoms. The molecular weight excluding hydrogens is 336 g/mol. The van der Waals surface area contributed by atoms with Gasteiger partial charge in [-0.3, -0.25) is 14.2 Å². The van der Waals surface area contributed by atoms with Crippen LogP contribution in [0.5, 0.6) is 0 Å². The molecule has 12 heteroatoms. The summed E-state index contributed by atoms with van der Waals surface area (Å²) in [6.45, 7) is 7.31. The highest BCUT2D eigenvalue weighted by molar-refractivity contribution is 5.74. The fraction of sp³-hybridized carbons (Fsp3) is 0.769. The lowest BCUT2D eigenvalue weighted by Gasteiger charge is -2.29. The van der Waals surface area contributed by atoms with Crippen molar-refractivity contribution in [3.05, 3.63) is 15.8 Å². The molecule has 1 aliphatic rings. The largest absolute Gasteiger partial charge is 0.465 e. The van der Waals surface area contributed by atoms with E-state index in [2.05, 4.69) is 20.3 Å². The van der Waals surface area contributed by atoms with Crippen LogP contribution in [-0.2, 0) is 14.4 Å². The van der Waals surface area contributed by atoms with Crippen molar-refractivity contribution >= 4 is 11.9 Å². The number of rotatable bonds is 9. The topological polar surface area (TPSA) is 127 Å². The van der Waals surface area contributed by atoms with E-state index in [-0.39, 0.29) is 19.1 Å². The number of hydrogen-bond donors (Lipinski definition) is 1. The molecule has 2 heterocycles. The van der Waals surface area contributed by atoms with Crippen LogP contribution in [0.1, 0.15) is 12.6 Å². The molecule has 12 nitrogen and oxygen atoms in total. The first-order valence-corrected chi connectivity index (χ1v) is 8.04. The fourth-order valence-corrected chi connectivity index (χ4v) is 2.48. The van der Waals surface area contributed by atoms with Crippen molar-refractivity contribution in [1.82, 2.24) is 10.2 Å². The predicted molar refractivity (Wildman–Crippen MR) is 83.9 cm³/mol. The Balaban J connectivity index is 1.81. The second-order valence-electron chi connectivity index (χ2n) is 5.39. The van der Waals surface area contributed by atoms with Gasteiger partial charge < -0.3 is 14.9 Å². The highest BCUT2D eigenvalue weighted by Crippen LogP contribution is 2.09. The molecule has 0 bridgehead atoms. The Morgan fingerprint density at radius 3 is 2.80 bits per heavy atom. The van der Waals surface area contributed by atoms with Gasteiger partial charge in [0, 0.05) is 26.6 Å². The van der Waals surface area contributed by atoms with E-state index in [1.807, 2.05) is 11.9 Å². The highest BCUT2D eigenvalue weighted by atomic mass is 16.9. The molecule has 1 aromatic heterocycles. The maximum atomic E-state index is 11.4. The van der Waals surface area contributed by atoms with Crippen molar-refractivity contribution in [2.24, 2.45) is 0 Å². The summed E-state index contributed by atoms with van der Waals surface area (Å²) >= 11 is 0. The number of nitrogens with zero attached hydrogens (tertiary/aromatic N) is 5. The first-order chi connectivity index (χ1) is 12.0. The number of hydrogen-bond acceptors (Lipinski definition) is 10. The highest BCUT2D eigenvalue weighted by Gasteiger charge is 2.30. The van der Waals surface area contributed by atoms with E-state index >= 15 is 0 Å². The van der Waals surface area contributed by atoms with E-state index in [0.717, 1.165) is 18.8 Å². The Morgan fingerprint density at radius 2 is 2.16 bits per heavy atom. The molecule has 1 fully saturated rings. The third kappa shape index (κ3) is 5.45. The van der Waals surface area contributed by atoms with Gasteiger partial charge in [-0.1, -0.05) is 0 Å². The minimum atomic E-state index is -0.782. The maximum absolute atomic E-state index is 11.4. The molecular formula is C13H23N6O6+. The SMILES string of the molecule is CCOC(=O)CNc1on[n+](N2CCN(CCO[N+](=O)[O-])CC2)c1C. The summed E-state index contributed by atoms with van der Waals surface area (Å²) in [5, 5.41) is 18.2. The molecule has 0 unspecified atom stereocenters. The smallest absolute Gasteiger partial charge is 0.325 e. The number of piperazine rings is 1. The van der Waals surface area contributed by atoms with Gasteiger partial charge in [-0.15, -0.1) is 10.1 Å². The summed E-state index contributed by atoms with van der Waals surface area (Å²) in [4.78, 5) is 29.6. The summed E-state index contributed by atoms with van der Waals surface area (Å²) < 4.78 is 10.1. The number of ether oxygens (including phenoxy) is 1. The van der Waals surface area contributed by atoms with E-state index in [0.29, 0.717) is 32.1 Å². The second kappa shape index (κ2) is 9.01. The lowest BCUT2D eigenvalue weighted by Crippen LogP contribution is -2.66. The zero-order chi connectivity index (χ0) is 18.2. The Morgan fingerprint density at radius 1 is 1.44 bits per heavy atom. The minimum absolute atomic E-state index is 0.00803. The molecule has 0 radical (unpaired) electrons. The number of aromatic nitrogens is 2. The zero-order valence-electron chi connectivity index (χ0n) is 14.3. The maximum Gasteiger partial charge on any atom is 0.325 e. The van der Waals surface area contributed by atoms with Crippen molar-refractivity contribution < 1.29 is 28.8 Å². The molecule has 1 N–H and O–H groups in total. The van der Waals surface area contributed by atoms with Gasteiger partial charge in [0.25, 0.3) is 5.09 Å². The normalized spacial score (nSPS) is 15.0. The van der Waals surface area contributed by atoms with Crippen LogP contribution in [0.25, 0.3) is 0 Å². The first-order valence-electron chi connectivity index (χ1n) is 8.04. The number of esters is 1.